The van der Waals surface area contributed by atoms with Crippen molar-refractivity contribution in [2.75, 3.05) is 13.0 Å². The van der Waals surface area contributed by atoms with Crippen molar-refractivity contribution in [1.29, 1.82) is 0 Å². The van der Waals surface area contributed by atoms with E-state index in [1.165, 1.54) is 19.2 Å². The number of rotatable bonds is 3. The van der Waals surface area contributed by atoms with Crippen molar-refractivity contribution < 1.29 is 9.13 Å². The second-order valence-corrected chi connectivity index (χ2v) is 2.85. The summed E-state index contributed by atoms with van der Waals surface area (Å²) in [4.78, 5) is 0. The molecular weight excluding hydrogens is 191 g/mol. The van der Waals surface area contributed by atoms with Gasteiger partial charge in [-0.2, -0.15) is 0 Å². The van der Waals surface area contributed by atoms with Crippen molar-refractivity contribution in [3.63, 3.8) is 0 Å². The van der Waals surface area contributed by atoms with Crippen LogP contribution in [0.25, 0.3) is 5.57 Å². The van der Waals surface area contributed by atoms with E-state index in [1.807, 2.05) is 0 Å². The zero-order chi connectivity index (χ0) is 9.84. The Balaban J connectivity index is 3.13. The zero-order valence-corrected chi connectivity index (χ0v) is 8.07. The van der Waals surface area contributed by atoms with Gasteiger partial charge in [-0.1, -0.05) is 6.58 Å². The summed E-state index contributed by atoms with van der Waals surface area (Å²) in [6.07, 6.45) is 0. The lowest BCUT2D eigenvalue weighted by Gasteiger charge is -2.08. The van der Waals surface area contributed by atoms with E-state index in [0.29, 0.717) is 11.6 Å². The van der Waals surface area contributed by atoms with Gasteiger partial charge in [-0.05, 0) is 17.7 Å². The minimum atomic E-state index is -0.331. The molecule has 1 nitrogen and oxygen atoms in total. The van der Waals surface area contributed by atoms with Crippen molar-refractivity contribution in [3.05, 3.63) is 36.2 Å². The Morgan fingerprint density at radius 2 is 2.31 bits per heavy atom. The highest BCUT2D eigenvalue weighted by Crippen LogP contribution is 2.26. The number of benzene rings is 1. The molecule has 3 heteroatoms. The number of allylic oxidation sites excluding steroid dienone is 1. The Morgan fingerprint density at radius 3 is 2.85 bits per heavy atom. The van der Waals surface area contributed by atoms with Crippen LogP contribution in [0, 0.1) is 5.82 Å². The fourth-order valence-corrected chi connectivity index (χ4v) is 1.17. The number of hydrogen-bond acceptors (Lipinski definition) is 1. The summed E-state index contributed by atoms with van der Waals surface area (Å²) >= 11 is 5.61. The molecule has 70 valence electrons. The molecular formula is C10H10ClFO. The molecule has 0 aliphatic carbocycles. The fraction of sp³-hybridized carbons (Fsp3) is 0.200. The minimum Gasteiger partial charge on any atom is -0.496 e. The normalized spacial score (nSPS) is 9.77. The smallest absolute Gasteiger partial charge is 0.129 e. The molecule has 1 aromatic carbocycles. The van der Waals surface area contributed by atoms with Crippen molar-refractivity contribution in [2.45, 2.75) is 0 Å². The van der Waals surface area contributed by atoms with Crippen molar-refractivity contribution in [2.24, 2.45) is 0 Å². The lowest BCUT2D eigenvalue weighted by molar-refractivity contribution is 0.410. The molecule has 0 aliphatic rings. The van der Waals surface area contributed by atoms with Crippen LogP contribution in [-0.2, 0) is 0 Å². The maximum absolute atomic E-state index is 12.8. The number of alkyl halides is 1. The summed E-state index contributed by atoms with van der Waals surface area (Å²) in [6.45, 7) is 3.75. The maximum Gasteiger partial charge on any atom is 0.129 e. The van der Waals surface area contributed by atoms with Crippen LogP contribution in [-0.4, -0.2) is 13.0 Å². The Morgan fingerprint density at radius 1 is 1.62 bits per heavy atom. The Hall–Kier alpha value is -1.02. The van der Waals surface area contributed by atoms with E-state index in [9.17, 15) is 4.39 Å². The molecule has 0 radical (unpaired) electrons. The maximum atomic E-state index is 12.8. The van der Waals surface area contributed by atoms with E-state index in [-0.39, 0.29) is 5.82 Å². The largest absolute Gasteiger partial charge is 0.496 e. The number of hydrogen-bond donors (Lipinski definition) is 0. The summed E-state index contributed by atoms with van der Waals surface area (Å²) in [5.74, 6) is 0.441. The third-order valence-electron chi connectivity index (χ3n) is 1.71. The SMILES string of the molecule is C=C(CCl)c1ccc(F)cc1OC. The van der Waals surface area contributed by atoms with Crippen LogP contribution in [0.1, 0.15) is 5.56 Å². The monoisotopic (exact) mass is 200 g/mol. The van der Waals surface area contributed by atoms with Gasteiger partial charge in [0.05, 0.1) is 7.11 Å². The second-order valence-electron chi connectivity index (χ2n) is 2.58. The van der Waals surface area contributed by atoms with Crippen molar-refractivity contribution >= 4 is 17.2 Å². The van der Waals surface area contributed by atoms with Gasteiger partial charge in [0.15, 0.2) is 0 Å². The molecule has 0 aromatic heterocycles. The average Bonchev–Trinajstić information content (AvgIpc) is 2.16. The third-order valence-corrected chi connectivity index (χ3v) is 2.03. The Kier molecular flexibility index (Phi) is 3.32. The predicted molar refractivity (Wildman–Crippen MR) is 52.7 cm³/mol. The topological polar surface area (TPSA) is 9.23 Å². The summed E-state index contributed by atoms with van der Waals surface area (Å²) < 4.78 is 17.7. The molecule has 0 saturated carbocycles. The van der Waals surface area contributed by atoms with Gasteiger partial charge in [0.1, 0.15) is 11.6 Å². The number of methoxy groups -OCH3 is 1. The van der Waals surface area contributed by atoms with E-state index in [0.717, 1.165) is 11.1 Å². The van der Waals surface area contributed by atoms with Gasteiger partial charge in [0, 0.05) is 17.5 Å². The lowest BCUT2D eigenvalue weighted by Crippen LogP contribution is -1.92. The van der Waals surface area contributed by atoms with Crippen LogP contribution in [0.4, 0.5) is 4.39 Å². The highest BCUT2D eigenvalue weighted by atomic mass is 35.5. The fourth-order valence-electron chi connectivity index (χ4n) is 1.03. The molecule has 0 saturated heterocycles. The van der Waals surface area contributed by atoms with Crippen molar-refractivity contribution in [3.8, 4) is 5.75 Å². The highest BCUT2D eigenvalue weighted by Gasteiger charge is 2.06. The first kappa shape index (κ1) is 10.1. The number of halogens is 2. The predicted octanol–water partition coefficient (Wildman–Crippen LogP) is 3.09. The molecule has 0 spiro atoms. The van der Waals surface area contributed by atoms with Crippen LogP contribution in [0.3, 0.4) is 0 Å². The van der Waals surface area contributed by atoms with Crippen molar-refractivity contribution in [1.82, 2.24) is 0 Å². The summed E-state index contributed by atoms with van der Waals surface area (Å²) in [6, 6.07) is 4.28. The van der Waals surface area contributed by atoms with Crippen LogP contribution < -0.4 is 4.74 Å². The zero-order valence-electron chi connectivity index (χ0n) is 7.31. The van der Waals surface area contributed by atoms with E-state index >= 15 is 0 Å². The van der Waals surface area contributed by atoms with Gasteiger partial charge in [-0.25, -0.2) is 4.39 Å². The summed E-state index contributed by atoms with van der Waals surface area (Å²) in [7, 11) is 1.49. The molecule has 13 heavy (non-hydrogen) atoms. The van der Waals surface area contributed by atoms with Gasteiger partial charge in [-0.15, -0.1) is 11.6 Å². The minimum absolute atomic E-state index is 0.308. The molecule has 0 amide bonds. The first-order valence-electron chi connectivity index (χ1n) is 3.76. The van der Waals surface area contributed by atoms with Gasteiger partial charge in [0.25, 0.3) is 0 Å². The molecule has 1 rings (SSSR count). The molecule has 1 aromatic rings. The first-order chi connectivity index (χ1) is 6.19. The van der Waals surface area contributed by atoms with Crippen LogP contribution >= 0.6 is 11.6 Å². The van der Waals surface area contributed by atoms with E-state index in [4.69, 9.17) is 16.3 Å². The van der Waals surface area contributed by atoms with Gasteiger partial charge in [0.2, 0.25) is 0 Å². The molecule has 0 atom stereocenters. The average molecular weight is 201 g/mol. The van der Waals surface area contributed by atoms with Crippen LogP contribution in [0.2, 0.25) is 0 Å². The molecule has 0 bridgehead atoms. The molecule has 0 heterocycles. The van der Waals surface area contributed by atoms with E-state index < -0.39 is 0 Å². The summed E-state index contributed by atoms with van der Waals surface area (Å²) in [5, 5.41) is 0. The molecule has 0 N–H and O–H groups in total. The summed E-state index contributed by atoms with van der Waals surface area (Å²) in [5.41, 5.74) is 1.47. The molecule has 0 fully saturated rings. The lowest BCUT2D eigenvalue weighted by atomic mass is 10.1. The third kappa shape index (κ3) is 2.22. The first-order valence-corrected chi connectivity index (χ1v) is 4.30. The second kappa shape index (κ2) is 4.28. The van der Waals surface area contributed by atoms with Gasteiger partial charge in [-0.3, -0.25) is 0 Å². The van der Waals surface area contributed by atoms with E-state index in [1.54, 1.807) is 6.07 Å². The molecule has 0 aliphatic heterocycles. The highest BCUT2D eigenvalue weighted by molar-refractivity contribution is 6.23. The van der Waals surface area contributed by atoms with Gasteiger partial charge < -0.3 is 4.74 Å². The van der Waals surface area contributed by atoms with Crippen LogP contribution in [0.15, 0.2) is 24.8 Å². The number of ether oxygens (including phenoxy) is 1. The Labute approximate surface area is 81.8 Å². The molecule has 0 unspecified atom stereocenters. The standard InChI is InChI=1S/C10H10ClFO/c1-7(6-11)9-4-3-8(12)5-10(9)13-2/h3-5H,1,6H2,2H3. The van der Waals surface area contributed by atoms with Crippen LogP contribution in [0.5, 0.6) is 5.75 Å². The van der Waals surface area contributed by atoms with E-state index in [2.05, 4.69) is 6.58 Å². The Bertz CT molecular complexity index is 323. The quantitative estimate of drug-likeness (QED) is 0.682. The van der Waals surface area contributed by atoms with Gasteiger partial charge >= 0.3 is 0 Å².